The number of nitrogens with one attached hydrogen (secondary N) is 1. The minimum atomic E-state index is 0.295. The van der Waals surface area contributed by atoms with Crippen molar-refractivity contribution >= 4 is 5.69 Å². The van der Waals surface area contributed by atoms with Gasteiger partial charge in [0.05, 0.1) is 7.11 Å². The van der Waals surface area contributed by atoms with E-state index in [1.165, 1.54) is 11.1 Å². The van der Waals surface area contributed by atoms with Crippen molar-refractivity contribution in [1.82, 2.24) is 5.32 Å². The minimum Gasteiger partial charge on any atom is -0.497 e. The van der Waals surface area contributed by atoms with Crippen LogP contribution in [-0.2, 0) is 6.54 Å². The van der Waals surface area contributed by atoms with Gasteiger partial charge in [-0.25, -0.2) is 0 Å². The predicted molar refractivity (Wildman–Crippen MR) is 79.1 cm³/mol. The van der Waals surface area contributed by atoms with Gasteiger partial charge in [-0.1, -0.05) is 24.3 Å². The molecule has 19 heavy (non-hydrogen) atoms. The third-order valence-electron chi connectivity index (χ3n) is 3.21. The number of anilines is 1. The van der Waals surface area contributed by atoms with Gasteiger partial charge in [-0.3, -0.25) is 0 Å². The molecule has 0 aliphatic rings. The van der Waals surface area contributed by atoms with E-state index in [1.807, 2.05) is 36.4 Å². The summed E-state index contributed by atoms with van der Waals surface area (Å²) in [6.45, 7) is 2.98. The molecule has 100 valence electrons. The molecule has 2 aromatic carbocycles. The smallest absolute Gasteiger partial charge is 0.118 e. The lowest BCUT2D eigenvalue weighted by molar-refractivity contribution is 0.414. The largest absolute Gasteiger partial charge is 0.497 e. The van der Waals surface area contributed by atoms with Crippen molar-refractivity contribution in [2.75, 3.05) is 12.8 Å². The monoisotopic (exact) mass is 256 g/mol. The van der Waals surface area contributed by atoms with Crippen LogP contribution in [0.2, 0.25) is 0 Å². The van der Waals surface area contributed by atoms with Crippen LogP contribution in [0.5, 0.6) is 5.75 Å². The fourth-order valence-electron chi connectivity index (χ4n) is 1.92. The molecule has 0 aliphatic carbocycles. The Bertz CT molecular complexity index is 505. The van der Waals surface area contributed by atoms with Crippen molar-refractivity contribution in [3.8, 4) is 5.75 Å². The average Bonchev–Trinajstić information content (AvgIpc) is 2.46. The summed E-state index contributed by atoms with van der Waals surface area (Å²) in [5.74, 6) is 0.884. The zero-order valence-electron chi connectivity index (χ0n) is 11.4. The maximum atomic E-state index is 5.67. The van der Waals surface area contributed by atoms with Crippen LogP contribution in [-0.4, -0.2) is 7.11 Å². The van der Waals surface area contributed by atoms with E-state index in [9.17, 15) is 0 Å². The zero-order valence-corrected chi connectivity index (χ0v) is 11.4. The topological polar surface area (TPSA) is 47.3 Å². The molecule has 0 bridgehead atoms. The fraction of sp³-hybridized carbons (Fsp3) is 0.250. The highest BCUT2D eigenvalue weighted by atomic mass is 16.5. The maximum absolute atomic E-state index is 5.67. The van der Waals surface area contributed by atoms with Gasteiger partial charge in [-0.05, 0) is 42.3 Å². The lowest BCUT2D eigenvalue weighted by Gasteiger charge is -2.15. The Morgan fingerprint density at radius 2 is 1.68 bits per heavy atom. The second kappa shape index (κ2) is 6.25. The molecule has 2 aromatic rings. The van der Waals surface area contributed by atoms with Gasteiger partial charge in [0.1, 0.15) is 5.75 Å². The third kappa shape index (κ3) is 3.73. The van der Waals surface area contributed by atoms with E-state index in [2.05, 4.69) is 24.4 Å². The standard InChI is InChI=1S/C16H20N2O/c1-12(14-5-9-16(19-2)10-6-14)18-11-13-3-7-15(17)8-4-13/h3-10,12,18H,11,17H2,1-2H3. The summed E-state index contributed by atoms with van der Waals surface area (Å²) >= 11 is 0. The number of rotatable bonds is 5. The molecule has 2 rings (SSSR count). The fourth-order valence-corrected chi connectivity index (χ4v) is 1.92. The Balaban J connectivity index is 1.93. The van der Waals surface area contributed by atoms with E-state index in [0.29, 0.717) is 6.04 Å². The number of hydrogen-bond donors (Lipinski definition) is 2. The molecule has 3 N–H and O–H groups in total. The molecule has 0 radical (unpaired) electrons. The summed E-state index contributed by atoms with van der Waals surface area (Å²) in [4.78, 5) is 0. The molecule has 0 fully saturated rings. The van der Waals surface area contributed by atoms with E-state index >= 15 is 0 Å². The first-order valence-corrected chi connectivity index (χ1v) is 6.41. The predicted octanol–water partition coefficient (Wildman–Crippen LogP) is 3.13. The number of methoxy groups -OCH3 is 1. The van der Waals surface area contributed by atoms with Crippen molar-refractivity contribution in [3.05, 3.63) is 59.7 Å². The summed E-state index contributed by atoms with van der Waals surface area (Å²) in [6, 6.07) is 16.4. The van der Waals surface area contributed by atoms with Crippen LogP contribution in [0.15, 0.2) is 48.5 Å². The lowest BCUT2D eigenvalue weighted by atomic mass is 10.1. The second-order valence-electron chi connectivity index (χ2n) is 4.62. The van der Waals surface area contributed by atoms with E-state index in [1.54, 1.807) is 7.11 Å². The van der Waals surface area contributed by atoms with Crippen molar-refractivity contribution in [3.63, 3.8) is 0 Å². The maximum Gasteiger partial charge on any atom is 0.118 e. The van der Waals surface area contributed by atoms with Crippen LogP contribution in [0.4, 0.5) is 5.69 Å². The first-order valence-electron chi connectivity index (χ1n) is 6.41. The van der Waals surface area contributed by atoms with Crippen LogP contribution in [0.1, 0.15) is 24.1 Å². The van der Waals surface area contributed by atoms with Crippen LogP contribution in [0.3, 0.4) is 0 Å². The van der Waals surface area contributed by atoms with Gasteiger partial charge in [-0.15, -0.1) is 0 Å². The molecule has 0 amide bonds. The molecule has 3 nitrogen and oxygen atoms in total. The molecule has 0 heterocycles. The third-order valence-corrected chi connectivity index (χ3v) is 3.21. The molecule has 3 heteroatoms. The van der Waals surface area contributed by atoms with Gasteiger partial charge >= 0.3 is 0 Å². The van der Waals surface area contributed by atoms with Gasteiger partial charge in [0.15, 0.2) is 0 Å². The van der Waals surface area contributed by atoms with Crippen molar-refractivity contribution < 1.29 is 4.74 Å². The summed E-state index contributed by atoms with van der Waals surface area (Å²) in [5.41, 5.74) is 8.94. The Kier molecular flexibility index (Phi) is 4.42. The van der Waals surface area contributed by atoms with Gasteiger partial charge < -0.3 is 15.8 Å². The van der Waals surface area contributed by atoms with Gasteiger partial charge in [0.2, 0.25) is 0 Å². The Labute approximate surface area is 114 Å². The van der Waals surface area contributed by atoms with Gasteiger partial charge in [0, 0.05) is 18.3 Å². The van der Waals surface area contributed by atoms with Crippen LogP contribution in [0, 0.1) is 0 Å². The van der Waals surface area contributed by atoms with Gasteiger partial charge in [0.25, 0.3) is 0 Å². The van der Waals surface area contributed by atoms with E-state index < -0.39 is 0 Å². The molecular weight excluding hydrogens is 236 g/mol. The van der Waals surface area contributed by atoms with Crippen LogP contribution >= 0.6 is 0 Å². The highest BCUT2D eigenvalue weighted by Gasteiger charge is 2.04. The number of nitrogen functional groups attached to an aromatic ring is 1. The van der Waals surface area contributed by atoms with E-state index in [0.717, 1.165) is 18.0 Å². The van der Waals surface area contributed by atoms with Crippen LogP contribution in [0.25, 0.3) is 0 Å². The molecular formula is C16H20N2O. The number of ether oxygens (including phenoxy) is 1. The Hall–Kier alpha value is -2.00. The first-order chi connectivity index (χ1) is 9.19. The molecule has 0 aliphatic heterocycles. The molecule has 0 saturated heterocycles. The van der Waals surface area contributed by atoms with Gasteiger partial charge in [-0.2, -0.15) is 0 Å². The highest BCUT2D eigenvalue weighted by Crippen LogP contribution is 2.17. The molecule has 1 atom stereocenters. The normalized spacial score (nSPS) is 12.1. The number of nitrogens with two attached hydrogens (primary N) is 1. The quantitative estimate of drug-likeness (QED) is 0.808. The molecule has 1 unspecified atom stereocenters. The number of benzene rings is 2. The van der Waals surface area contributed by atoms with Crippen LogP contribution < -0.4 is 15.8 Å². The van der Waals surface area contributed by atoms with Crippen molar-refractivity contribution in [1.29, 1.82) is 0 Å². The number of hydrogen-bond acceptors (Lipinski definition) is 3. The average molecular weight is 256 g/mol. The van der Waals surface area contributed by atoms with E-state index in [-0.39, 0.29) is 0 Å². The summed E-state index contributed by atoms with van der Waals surface area (Å²) in [7, 11) is 1.68. The molecule has 0 spiro atoms. The summed E-state index contributed by atoms with van der Waals surface area (Å²) in [5, 5.41) is 3.49. The molecule has 0 aromatic heterocycles. The summed E-state index contributed by atoms with van der Waals surface area (Å²) in [6.07, 6.45) is 0. The zero-order chi connectivity index (χ0) is 13.7. The molecule has 0 saturated carbocycles. The SMILES string of the molecule is COc1ccc(C(C)NCc2ccc(N)cc2)cc1. The Morgan fingerprint density at radius 3 is 2.26 bits per heavy atom. The van der Waals surface area contributed by atoms with Crippen molar-refractivity contribution in [2.45, 2.75) is 19.5 Å². The first kappa shape index (κ1) is 13.4. The lowest BCUT2D eigenvalue weighted by Crippen LogP contribution is -2.17. The second-order valence-corrected chi connectivity index (χ2v) is 4.62. The minimum absolute atomic E-state index is 0.295. The Morgan fingerprint density at radius 1 is 1.05 bits per heavy atom. The van der Waals surface area contributed by atoms with Crippen molar-refractivity contribution in [2.24, 2.45) is 0 Å². The highest BCUT2D eigenvalue weighted by molar-refractivity contribution is 5.39. The van der Waals surface area contributed by atoms with E-state index in [4.69, 9.17) is 10.5 Å². The summed E-state index contributed by atoms with van der Waals surface area (Å²) < 4.78 is 5.16.